The summed E-state index contributed by atoms with van der Waals surface area (Å²) in [7, 11) is 0. The fourth-order valence-electron chi connectivity index (χ4n) is 2.43. The Morgan fingerprint density at radius 3 is 2.96 bits per heavy atom. The number of hydrogen-bond donors (Lipinski definition) is 1. The number of halogens is 1. The van der Waals surface area contributed by atoms with Crippen LogP contribution in [0.3, 0.4) is 0 Å². The molecule has 122 valence electrons. The molecular formula is C17H18ClNO4. The van der Waals surface area contributed by atoms with Gasteiger partial charge < -0.3 is 19.2 Å². The van der Waals surface area contributed by atoms with Crippen LogP contribution in [0.15, 0.2) is 34.9 Å². The summed E-state index contributed by atoms with van der Waals surface area (Å²) in [5, 5.41) is 3.34. The Bertz CT molecular complexity index is 684. The first-order valence-electron chi connectivity index (χ1n) is 7.56. The number of furan rings is 1. The lowest BCUT2D eigenvalue weighted by Crippen LogP contribution is -2.33. The van der Waals surface area contributed by atoms with E-state index in [1.165, 1.54) is 0 Å². The zero-order valence-electron chi connectivity index (χ0n) is 12.8. The zero-order valence-corrected chi connectivity index (χ0v) is 13.6. The highest BCUT2D eigenvalue weighted by molar-refractivity contribution is 6.32. The summed E-state index contributed by atoms with van der Waals surface area (Å²) in [4.78, 5) is 12.4. The molecule has 1 aromatic carbocycles. The Balaban J connectivity index is 1.62. The molecule has 5 nitrogen and oxygen atoms in total. The third kappa shape index (κ3) is 3.79. The van der Waals surface area contributed by atoms with Crippen molar-refractivity contribution in [1.29, 1.82) is 0 Å². The number of carbonyl (C=O) groups is 1. The van der Waals surface area contributed by atoms with E-state index in [0.29, 0.717) is 35.3 Å². The van der Waals surface area contributed by atoms with E-state index in [1.54, 1.807) is 18.4 Å². The fourth-order valence-corrected chi connectivity index (χ4v) is 2.70. The van der Waals surface area contributed by atoms with E-state index >= 15 is 0 Å². The summed E-state index contributed by atoms with van der Waals surface area (Å²) in [6.45, 7) is 2.87. The van der Waals surface area contributed by atoms with Gasteiger partial charge in [-0.25, -0.2) is 0 Å². The maximum absolute atomic E-state index is 12.4. The van der Waals surface area contributed by atoms with Crippen LogP contribution in [-0.4, -0.2) is 25.2 Å². The van der Waals surface area contributed by atoms with Crippen molar-refractivity contribution in [3.05, 3.63) is 46.9 Å². The minimum absolute atomic E-state index is 0.0135. The van der Waals surface area contributed by atoms with Crippen molar-refractivity contribution in [1.82, 2.24) is 5.32 Å². The predicted octanol–water partition coefficient (Wildman–Crippen LogP) is 3.46. The van der Waals surface area contributed by atoms with E-state index < -0.39 is 0 Å². The van der Waals surface area contributed by atoms with Crippen LogP contribution in [0.25, 0.3) is 0 Å². The molecule has 0 spiro atoms. The molecule has 1 aliphatic rings. The van der Waals surface area contributed by atoms with Crippen molar-refractivity contribution >= 4 is 17.5 Å². The summed E-state index contributed by atoms with van der Waals surface area (Å²) in [5.74, 6) is 1.74. The molecule has 0 bridgehead atoms. The average molecular weight is 336 g/mol. The number of ether oxygens (including phenoxy) is 2. The standard InChI is InChI=1S/C17H18ClNO4/c1-11(4-5-13-3-2-6-21-13)19-17(20)12-9-14(18)16-15(10-12)22-7-8-23-16/h2-3,6,9-11H,4-5,7-8H2,1H3,(H,19,20)/t11-/m0/s1. The number of nitrogens with one attached hydrogen (secondary N) is 1. The minimum Gasteiger partial charge on any atom is -0.486 e. The summed E-state index contributed by atoms with van der Waals surface area (Å²) >= 11 is 6.16. The van der Waals surface area contributed by atoms with Gasteiger partial charge in [-0.05, 0) is 37.6 Å². The van der Waals surface area contributed by atoms with Crippen molar-refractivity contribution in [2.24, 2.45) is 0 Å². The molecule has 1 N–H and O–H groups in total. The molecule has 1 amide bonds. The van der Waals surface area contributed by atoms with E-state index in [4.69, 9.17) is 25.5 Å². The lowest BCUT2D eigenvalue weighted by atomic mass is 10.1. The maximum atomic E-state index is 12.4. The van der Waals surface area contributed by atoms with Gasteiger partial charge in [0.25, 0.3) is 5.91 Å². The molecule has 6 heteroatoms. The topological polar surface area (TPSA) is 60.7 Å². The van der Waals surface area contributed by atoms with Crippen LogP contribution in [0.5, 0.6) is 11.5 Å². The Morgan fingerprint density at radius 2 is 2.17 bits per heavy atom. The van der Waals surface area contributed by atoms with Crippen LogP contribution in [0.1, 0.15) is 29.5 Å². The Hall–Kier alpha value is -2.14. The largest absolute Gasteiger partial charge is 0.486 e. The van der Waals surface area contributed by atoms with Crippen LogP contribution in [0.2, 0.25) is 5.02 Å². The Morgan fingerprint density at radius 1 is 1.35 bits per heavy atom. The van der Waals surface area contributed by atoms with Gasteiger partial charge in [-0.2, -0.15) is 0 Å². The second kappa shape index (κ2) is 6.96. The highest BCUT2D eigenvalue weighted by Crippen LogP contribution is 2.38. The molecule has 1 aromatic heterocycles. The van der Waals surface area contributed by atoms with Gasteiger partial charge in [0, 0.05) is 18.0 Å². The van der Waals surface area contributed by atoms with Crippen molar-refractivity contribution in [3.63, 3.8) is 0 Å². The number of benzene rings is 1. The highest BCUT2D eigenvalue weighted by atomic mass is 35.5. The van der Waals surface area contributed by atoms with Crippen molar-refractivity contribution in [2.75, 3.05) is 13.2 Å². The minimum atomic E-state index is -0.184. The van der Waals surface area contributed by atoms with Crippen molar-refractivity contribution in [3.8, 4) is 11.5 Å². The van der Waals surface area contributed by atoms with Crippen molar-refractivity contribution in [2.45, 2.75) is 25.8 Å². The second-order valence-corrected chi connectivity index (χ2v) is 5.88. The van der Waals surface area contributed by atoms with Crippen LogP contribution < -0.4 is 14.8 Å². The molecule has 0 radical (unpaired) electrons. The average Bonchev–Trinajstić information content (AvgIpc) is 3.06. The Kier molecular flexibility index (Phi) is 4.76. The maximum Gasteiger partial charge on any atom is 0.251 e. The molecule has 0 fully saturated rings. The number of aryl methyl sites for hydroxylation is 1. The Labute approximate surface area is 139 Å². The lowest BCUT2D eigenvalue weighted by molar-refractivity contribution is 0.0937. The number of fused-ring (bicyclic) bond motifs is 1. The van der Waals surface area contributed by atoms with Gasteiger partial charge in [-0.3, -0.25) is 4.79 Å². The molecule has 0 saturated heterocycles. The third-order valence-electron chi connectivity index (χ3n) is 3.64. The van der Waals surface area contributed by atoms with Crippen LogP contribution in [0, 0.1) is 0 Å². The third-order valence-corrected chi connectivity index (χ3v) is 3.92. The van der Waals surface area contributed by atoms with Gasteiger partial charge >= 0.3 is 0 Å². The molecule has 3 rings (SSSR count). The van der Waals surface area contributed by atoms with Gasteiger partial charge in [0.2, 0.25) is 0 Å². The number of carbonyl (C=O) groups excluding carboxylic acids is 1. The lowest BCUT2D eigenvalue weighted by Gasteiger charge is -2.20. The van der Waals surface area contributed by atoms with Crippen LogP contribution in [-0.2, 0) is 6.42 Å². The molecule has 1 atom stereocenters. The van der Waals surface area contributed by atoms with E-state index in [1.807, 2.05) is 19.1 Å². The van der Waals surface area contributed by atoms with E-state index in [-0.39, 0.29) is 11.9 Å². The molecule has 23 heavy (non-hydrogen) atoms. The first kappa shape index (κ1) is 15.7. The summed E-state index contributed by atoms with van der Waals surface area (Å²) < 4.78 is 16.2. The number of rotatable bonds is 5. The SMILES string of the molecule is C[C@@H](CCc1ccco1)NC(=O)c1cc(Cl)c2c(c1)OCCO2. The number of amides is 1. The van der Waals surface area contributed by atoms with Gasteiger partial charge in [0.05, 0.1) is 11.3 Å². The molecule has 2 aromatic rings. The molecular weight excluding hydrogens is 318 g/mol. The van der Waals surface area contributed by atoms with E-state index in [9.17, 15) is 4.79 Å². The van der Waals surface area contributed by atoms with Gasteiger partial charge in [0.15, 0.2) is 11.5 Å². The van der Waals surface area contributed by atoms with Gasteiger partial charge in [-0.15, -0.1) is 0 Å². The molecule has 0 aliphatic carbocycles. The quantitative estimate of drug-likeness (QED) is 0.909. The monoisotopic (exact) mass is 335 g/mol. The first-order chi connectivity index (χ1) is 11.1. The van der Waals surface area contributed by atoms with Crippen LogP contribution in [0.4, 0.5) is 0 Å². The summed E-state index contributed by atoms with van der Waals surface area (Å²) in [6, 6.07) is 7.06. The first-order valence-corrected chi connectivity index (χ1v) is 7.93. The van der Waals surface area contributed by atoms with E-state index in [2.05, 4.69) is 5.32 Å². The normalized spacial score (nSPS) is 14.3. The van der Waals surface area contributed by atoms with Gasteiger partial charge in [0.1, 0.15) is 19.0 Å². The second-order valence-electron chi connectivity index (χ2n) is 5.47. The molecule has 2 heterocycles. The predicted molar refractivity (Wildman–Crippen MR) is 86.4 cm³/mol. The highest BCUT2D eigenvalue weighted by Gasteiger charge is 2.20. The van der Waals surface area contributed by atoms with Crippen molar-refractivity contribution < 1.29 is 18.7 Å². The molecule has 1 aliphatic heterocycles. The van der Waals surface area contributed by atoms with E-state index in [0.717, 1.165) is 18.6 Å². The summed E-state index contributed by atoms with van der Waals surface area (Å²) in [6.07, 6.45) is 3.21. The van der Waals surface area contributed by atoms with Gasteiger partial charge in [-0.1, -0.05) is 11.6 Å². The molecule has 0 saturated carbocycles. The summed E-state index contributed by atoms with van der Waals surface area (Å²) in [5.41, 5.74) is 0.462. The smallest absolute Gasteiger partial charge is 0.251 e. The molecule has 0 unspecified atom stereocenters. The van der Waals surface area contributed by atoms with Crippen LogP contribution >= 0.6 is 11.6 Å². The fraction of sp³-hybridized carbons (Fsp3) is 0.353. The zero-order chi connectivity index (χ0) is 16.2. The number of hydrogen-bond acceptors (Lipinski definition) is 4.